The monoisotopic (exact) mass is 503 g/mol. The molecule has 1 saturated heterocycles. The first-order valence-electron chi connectivity index (χ1n) is 10.6. The van der Waals surface area contributed by atoms with Crippen molar-refractivity contribution in [3.63, 3.8) is 0 Å². The second-order valence-corrected chi connectivity index (χ2v) is 11.2. The Labute approximate surface area is 201 Å². The van der Waals surface area contributed by atoms with Crippen LogP contribution in [0.1, 0.15) is 12.0 Å². The summed E-state index contributed by atoms with van der Waals surface area (Å²) in [5.41, 5.74) is 0.611. The van der Waals surface area contributed by atoms with E-state index in [1.54, 1.807) is 12.1 Å². The number of ether oxygens (including phenoxy) is 2. The maximum atomic E-state index is 12.7. The third kappa shape index (κ3) is 5.41. The Balaban J connectivity index is 1.41. The molecular weight excluding hydrogens is 478 g/mol. The molecule has 3 heterocycles. The summed E-state index contributed by atoms with van der Waals surface area (Å²) in [6, 6.07) is 9.25. The molecular formula is C22H25N5O5S2. The van der Waals surface area contributed by atoms with E-state index in [9.17, 15) is 13.2 Å². The molecule has 0 bridgehead atoms. The highest BCUT2D eigenvalue weighted by Gasteiger charge is 2.31. The van der Waals surface area contributed by atoms with Gasteiger partial charge in [-0.25, -0.2) is 18.4 Å². The lowest BCUT2D eigenvalue weighted by molar-refractivity contribution is -0.110. The van der Waals surface area contributed by atoms with Gasteiger partial charge in [-0.3, -0.25) is 15.5 Å². The minimum atomic E-state index is -3.50. The van der Waals surface area contributed by atoms with Crippen molar-refractivity contribution in [1.29, 1.82) is 5.41 Å². The van der Waals surface area contributed by atoms with Crippen LogP contribution in [-0.2, 0) is 19.4 Å². The average Bonchev–Trinajstić information content (AvgIpc) is 3.48. The molecule has 2 N–H and O–H groups in total. The minimum Gasteiger partial charge on any atom is -0.476 e. The molecule has 10 nitrogen and oxygen atoms in total. The molecule has 4 rings (SSSR count). The van der Waals surface area contributed by atoms with Crippen LogP contribution in [0.5, 0.6) is 5.88 Å². The molecule has 1 amide bonds. The van der Waals surface area contributed by atoms with Crippen LogP contribution in [0.25, 0.3) is 10.3 Å². The zero-order valence-electron chi connectivity index (χ0n) is 18.8. The summed E-state index contributed by atoms with van der Waals surface area (Å²) in [7, 11) is 0.410. The molecule has 0 aliphatic carbocycles. The molecule has 180 valence electrons. The summed E-state index contributed by atoms with van der Waals surface area (Å²) in [5.74, 6) is -0.177. The molecule has 0 radical (unpaired) electrons. The second-order valence-electron chi connectivity index (χ2n) is 8.03. The highest BCUT2D eigenvalue weighted by molar-refractivity contribution is 7.92. The van der Waals surface area contributed by atoms with Gasteiger partial charge in [-0.1, -0.05) is 23.5 Å². The molecule has 1 aliphatic rings. The number of likely N-dealkylation sites (N-methyl/N-ethyl adjacent to an activating group) is 1. The zero-order valence-corrected chi connectivity index (χ0v) is 20.4. The summed E-state index contributed by atoms with van der Waals surface area (Å²) in [4.78, 5) is 24.1. The number of nitrogens with one attached hydrogen (secondary N) is 2. The third-order valence-electron chi connectivity index (χ3n) is 5.26. The fraction of sp³-hybridized carbons (Fsp3) is 0.364. The maximum Gasteiger partial charge on any atom is 0.275 e. The lowest BCUT2D eigenvalue weighted by atomic mass is 10.1. The molecule has 0 spiro atoms. The number of benzene rings is 1. The fourth-order valence-corrected chi connectivity index (χ4v) is 5.73. The van der Waals surface area contributed by atoms with Crippen molar-refractivity contribution in [2.45, 2.75) is 16.6 Å². The van der Waals surface area contributed by atoms with Crippen molar-refractivity contribution in [2.24, 2.45) is 0 Å². The van der Waals surface area contributed by atoms with Crippen LogP contribution >= 0.6 is 11.3 Å². The van der Waals surface area contributed by atoms with Crippen molar-refractivity contribution in [3.8, 4) is 5.88 Å². The van der Waals surface area contributed by atoms with Gasteiger partial charge in [0.1, 0.15) is 22.7 Å². The van der Waals surface area contributed by atoms with E-state index >= 15 is 0 Å². The maximum absolute atomic E-state index is 12.7. The minimum absolute atomic E-state index is 0.154. The van der Waals surface area contributed by atoms with Crippen LogP contribution in [0.3, 0.4) is 0 Å². The second kappa shape index (κ2) is 10.1. The van der Waals surface area contributed by atoms with Gasteiger partial charge in [0.2, 0.25) is 5.88 Å². The van der Waals surface area contributed by atoms with Crippen LogP contribution in [0.15, 0.2) is 41.3 Å². The van der Waals surface area contributed by atoms with Gasteiger partial charge in [0.25, 0.3) is 5.91 Å². The number of anilines is 1. The van der Waals surface area contributed by atoms with E-state index in [1.807, 2.05) is 19.0 Å². The van der Waals surface area contributed by atoms with Crippen molar-refractivity contribution in [1.82, 2.24) is 14.9 Å². The van der Waals surface area contributed by atoms with Gasteiger partial charge in [0.05, 0.1) is 16.8 Å². The number of aromatic nitrogens is 2. The molecule has 1 fully saturated rings. The number of carbonyl (C=O) groups is 1. The molecule has 12 heteroatoms. The van der Waals surface area contributed by atoms with E-state index in [2.05, 4.69) is 15.3 Å². The number of hydrogen-bond donors (Lipinski definition) is 2. The van der Waals surface area contributed by atoms with E-state index in [4.69, 9.17) is 14.9 Å². The van der Waals surface area contributed by atoms with Gasteiger partial charge < -0.3 is 14.4 Å². The smallest absolute Gasteiger partial charge is 0.275 e. The zero-order chi connectivity index (χ0) is 24.3. The Morgan fingerprint density at radius 1 is 1.24 bits per heavy atom. The normalized spacial score (nSPS) is 16.1. The first-order chi connectivity index (χ1) is 16.2. The molecule has 1 aromatic carbocycles. The van der Waals surface area contributed by atoms with E-state index < -0.39 is 21.0 Å². The van der Waals surface area contributed by atoms with Gasteiger partial charge in [-0.2, -0.15) is 0 Å². The van der Waals surface area contributed by atoms with Crippen LogP contribution in [0, 0.1) is 5.41 Å². The van der Waals surface area contributed by atoms with Crippen LogP contribution < -0.4 is 10.1 Å². The first-order valence-corrected chi connectivity index (χ1v) is 13.0. The van der Waals surface area contributed by atoms with Crippen molar-refractivity contribution < 1.29 is 22.7 Å². The molecule has 3 aromatic rings. The predicted octanol–water partition coefficient (Wildman–Crippen LogP) is 2.20. The van der Waals surface area contributed by atoms with Crippen LogP contribution in [-0.4, -0.2) is 80.6 Å². The molecule has 1 atom stereocenters. The van der Waals surface area contributed by atoms with E-state index in [0.29, 0.717) is 46.6 Å². The van der Waals surface area contributed by atoms with Gasteiger partial charge >= 0.3 is 0 Å². The van der Waals surface area contributed by atoms with Gasteiger partial charge in [-0.15, -0.1) is 0 Å². The summed E-state index contributed by atoms with van der Waals surface area (Å²) in [5, 5.41) is 10.6. The number of nitrogens with zero attached hydrogens (tertiary/aromatic N) is 3. The Bertz CT molecular complexity index is 1300. The summed E-state index contributed by atoms with van der Waals surface area (Å²) in [6.07, 6.45) is 0.461. The molecule has 1 aliphatic heterocycles. The Kier molecular flexibility index (Phi) is 7.22. The summed E-state index contributed by atoms with van der Waals surface area (Å²) in [6.45, 7) is 1.87. The van der Waals surface area contributed by atoms with Crippen molar-refractivity contribution in [3.05, 3.63) is 42.0 Å². The number of hydrogen-bond acceptors (Lipinski definition) is 10. The standard InChI is InChI=1S/C22H25N5O5S2/c1-27(2)10-12-32-18-8-7-17-21(25-18)33-22(24-17)26-20(28)19(23)14-3-5-15(6-4-14)34(29,30)16-9-11-31-13-16/h3-8,16,23H,9-13H2,1-2H3,(H,24,26,28)/t16-/m0/s1. The SMILES string of the molecule is CN(C)CCOc1ccc2nc(NC(=O)C(=N)c3ccc(S(=O)(=O)[C@H]4CCOC4)cc3)sc2n1. The Morgan fingerprint density at radius 3 is 2.68 bits per heavy atom. The van der Waals surface area contributed by atoms with Gasteiger partial charge in [0, 0.05) is 24.8 Å². The summed E-state index contributed by atoms with van der Waals surface area (Å²) >= 11 is 1.18. The topological polar surface area (TPSA) is 135 Å². The van der Waals surface area contributed by atoms with Gasteiger partial charge in [-0.05, 0) is 38.7 Å². The summed E-state index contributed by atoms with van der Waals surface area (Å²) < 4.78 is 36.1. The number of sulfone groups is 1. The van der Waals surface area contributed by atoms with Crippen LogP contribution in [0.4, 0.5) is 5.13 Å². The number of amides is 1. The molecule has 34 heavy (non-hydrogen) atoms. The van der Waals surface area contributed by atoms with E-state index in [-0.39, 0.29) is 17.2 Å². The highest BCUT2D eigenvalue weighted by atomic mass is 32.2. The van der Waals surface area contributed by atoms with E-state index in [1.165, 1.54) is 35.6 Å². The number of fused-ring (bicyclic) bond motifs is 1. The predicted molar refractivity (Wildman–Crippen MR) is 130 cm³/mol. The fourth-order valence-electron chi connectivity index (χ4n) is 3.32. The highest BCUT2D eigenvalue weighted by Crippen LogP contribution is 2.27. The van der Waals surface area contributed by atoms with E-state index in [0.717, 1.165) is 6.54 Å². The molecule has 0 saturated carbocycles. The molecule has 2 aromatic heterocycles. The van der Waals surface area contributed by atoms with Gasteiger partial charge in [0.15, 0.2) is 15.0 Å². The Morgan fingerprint density at radius 2 is 2.00 bits per heavy atom. The number of rotatable bonds is 9. The first kappa shape index (κ1) is 24.2. The lowest BCUT2D eigenvalue weighted by Gasteiger charge is -2.10. The lowest BCUT2D eigenvalue weighted by Crippen LogP contribution is -2.23. The number of thiazole rings is 1. The Hall–Kier alpha value is -2.93. The number of pyridine rings is 1. The molecule has 0 unspecified atom stereocenters. The van der Waals surface area contributed by atoms with Crippen LogP contribution in [0.2, 0.25) is 0 Å². The van der Waals surface area contributed by atoms with Crippen molar-refractivity contribution >= 4 is 48.3 Å². The van der Waals surface area contributed by atoms with Crippen molar-refractivity contribution in [2.75, 3.05) is 45.8 Å². The third-order valence-corrected chi connectivity index (χ3v) is 8.32. The average molecular weight is 504 g/mol. The quantitative estimate of drug-likeness (QED) is 0.425. The number of carbonyl (C=O) groups excluding carboxylic acids is 1. The largest absolute Gasteiger partial charge is 0.476 e.